The molecule has 0 aliphatic rings. The third-order valence-corrected chi connectivity index (χ3v) is 4.35. The number of fused-ring (bicyclic) bond motifs is 3. The number of methoxy groups -OCH3 is 1. The van der Waals surface area contributed by atoms with Gasteiger partial charge in [0.1, 0.15) is 11.4 Å². The minimum atomic E-state index is 0.695. The zero-order valence-electron chi connectivity index (χ0n) is 14.6. The summed E-state index contributed by atoms with van der Waals surface area (Å²) < 4.78 is 5.16. The average molecular weight is 339 g/mol. The van der Waals surface area contributed by atoms with Crippen LogP contribution in [0.4, 0.5) is 5.69 Å². The van der Waals surface area contributed by atoms with Crippen molar-refractivity contribution < 1.29 is 4.74 Å². The van der Waals surface area contributed by atoms with Crippen LogP contribution in [-0.4, -0.2) is 17.1 Å². The second-order valence-corrected chi connectivity index (χ2v) is 6.06. The Kier molecular flexibility index (Phi) is 3.91. The van der Waals surface area contributed by atoms with E-state index in [1.54, 1.807) is 13.3 Å². The summed E-state index contributed by atoms with van der Waals surface area (Å²) in [5, 5.41) is 1.94. The van der Waals surface area contributed by atoms with Crippen LogP contribution in [0.25, 0.3) is 21.8 Å². The van der Waals surface area contributed by atoms with Crippen LogP contribution in [0.5, 0.6) is 5.75 Å². The summed E-state index contributed by atoms with van der Waals surface area (Å²) >= 11 is 0. The third-order valence-electron chi connectivity index (χ3n) is 4.35. The van der Waals surface area contributed by atoms with E-state index in [1.807, 2.05) is 55.5 Å². The van der Waals surface area contributed by atoms with Gasteiger partial charge in [-0.25, -0.2) is 4.98 Å². The number of aromatic nitrogens is 2. The van der Waals surface area contributed by atoms with Gasteiger partial charge in [0.15, 0.2) is 0 Å². The van der Waals surface area contributed by atoms with Gasteiger partial charge in [0.25, 0.3) is 0 Å². The molecule has 0 radical (unpaired) electrons. The first-order valence-corrected chi connectivity index (χ1v) is 8.26. The number of pyridine rings is 2. The SMILES string of the molecule is COc1ccc(C#Cc2ccc3c(cnc4c(C)ccc(N)c43)n2)cc1. The van der Waals surface area contributed by atoms with Crippen molar-refractivity contribution in [1.29, 1.82) is 0 Å². The second-order valence-electron chi connectivity index (χ2n) is 6.06. The van der Waals surface area contributed by atoms with Gasteiger partial charge in [-0.1, -0.05) is 12.0 Å². The van der Waals surface area contributed by atoms with Crippen LogP contribution in [0.15, 0.2) is 54.7 Å². The standard InChI is InChI=1S/C22H17N3O/c1-14-3-12-19(23)21-18-11-8-16(25-20(18)13-24-22(14)21)7-4-15-5-9-17(26-2)10-6-15/h3,5-6,8-13H,23H2,1-2H3. The monoisotopic (exact) mass is 339 g/mol. The predicted molar refractivity (Wildman–Crippen MR) is 105 cm³/mol. The van der Waals surface area contributed by atoms with Gasteiger partial charge in [0.2, 0.25) is 0 Å². The highest BCUT2D eigenvalue weighted by atomic mass is 16.5. The first-order valence-electron chi connectivity index (χ1n) is 8.26. The van der Waals surface area contributed by atoms with E-state index >= 15 is 0 Å². The minimum Gasteiger partial charge on any atom is -0.497 e. The number of hydrogen-bond donors (Lipinski definition) is 1. The molecule has 0 spiro atoms. The third kappa shape index (κ3) is 2.80. The molecule has 0 amide bonds. The molecule has 4 heteroatoms. The van der Waals surface area contributed by atoms with E-state index in [4.69, 9.17) is 10.5 Å². The lowest BCUT2D eigenvalue weighted by molar-refractivity contribution is 0.415. The van der Waals surface area contributed by atoms with Gasteiger partial charge >= 0.3 is 0 Å². The molecule has 0 atom stereocenters. The maximum atomic E-state index is 6.18. The van der Waals surface area contributed by atoms with E-state index in [-0.39, 0.29) is 0 Å². The van der Waals surface area contributed by atoms with Gasteiger partial charge in [0.05, 0.1) is 24.3 Å². The summed E-state index contributed by atoms with van der Waals surface area (Å²) in [6.45, 7) is 2.03. The summed E-state index contributed by atoms with van der Waals surface area (Å²) in [4.78, 5) is 9.17. The Balaban J connectivity index is 1.78. The molecular weight excluding hydrogens is 322 g/mol. The second kappa shape index (κ2) is 6.38. The molecule has 4 rings (SSSR count). The fourth-order valence-electron chi connectivity index (χ4n) is 2.95. The van der Waals surface area contributed by atoms with Crippen molar-refractivity contribution in [2.45, 2.75) is 6.92 Å². The Morgan fingerprint density at radius 2 is 1.77 bits per heavy atom. The topological polar surface area (TPSA) is 61.0 Å². The van der Waals surface area contributed by atoms with Crippen molar-refractivity contribution in [3.63, 3.8) is 0 Å². The van der Waals surface area contributed by atoms with Crippen molar-refractivity contribution in [2.24, 2.45) is 0 Å². The fourth-order valence-corrected chi connectivity index (χ4v) is 2.95. The number of benzene rings is 2. The summed E-state index contributed by atoms with van der Waals surface area (Å²) in [6, 6.07) is 15.4. The van der Waals surface area contributed by atoms with Crippen LogP contribution in [0.2, 0.25) is 0 Å². The molecule has 4 aromatic rings. The van der Waals surface area contributed by atoms with Gasteiger partial charge in [-0.2, -0.15) is 0 Å². The molecule has 0 bridgehead atoms. The molecule has 0 aliphatic heterocycles. The van der Waals surface area contributed by atoms with E-state index < -0.39 is 0 Å². The normalized spacial score (nSPS) is 10.5. The molecule has 2 aromatic heterocycles. The predicted octanol–water partition coefficient (Wildman–Crippen LogP) is 4.08. The minimum absolute atomic E-state index is 0.695. The molecule has 0 aliphatic carbocycles. The van der Waals surface area contributed by atoms with Gasteiger partial charge < -0.3 is 10.5 Å². The number of nitrogens with zero attached hydrogens (tertiary/aromatic N) is 2. The lowest BCUT2D eigenvalue weighted by atomic mass is 10.0. The van der Waals surface area contributed by atoms with E-state index in [1.165, 1.54) is 0 Å². The molecule has 2 N–H and O–H groups in total. The Hall–Kier alpha value is -3.58. The maximum Gasteiger partial charge on any atom is 0.118 e. The van der Waals surface area contributed by atoms with Crippen LogP contribution in [-0.2, 0) is 0 Å². The smallest absolute Gasteiger partial charge is 0.118 e. The van der Waals surface area contributed by atoms with Crippen LogP contribution >= 0.6 is 0 Å². The van der Waals surface area contributed by atoms with Crippen LogP contribution < -0.4 is 10.5 Å². The number of anilines is 1. The molecule has 2 aromatic carbocycles. The van der Waals surface area contributed by atoms with E-state index in [0.29, 0.717) is 11.4 Å². The van der Waals surface area contributed by atoms with Crippen molar-refractivity contribution in [2.75, 3.05) is 12.8 Å². The molecule has 2 heterocycles. The number of ether oxygens (including phenoxy) is 1. The number of nitrogens with two attached hydrogens (primary N) is 1. The van der Waals surface area contributed by atoms with Crippen LogP contribution in [0.1, 0.15) is 16.8 Å². The number of aryl methyl sites for hydroxylation is 1. The molecule has 0 fully saturated rings. The number of rotatable bonds is 1. The van der Waals surface area contributed by atoms with E-state index in [2.05, 4.69) is 21.8 Å². The van der Waals surface area contributed by atoms with Gasteiger partial charge in [-0.3, -0.25) is 4.98 Å². The van der Waals surface area contributed by atoms with Gasteiger partial charge in [0, 0.05) is 22.0 Å². The highest BCUT2D eigenvalue weighted by Gasteiger charge is 2.08. The molecule has 126 valence electrons. The molecule has 0 saturated carbocycles. The molecule has 0 unspecified atom stereocenters. The van der Waals surface area contributed by atoms with Crippen molar-refractivity contribution in [3.05, 3.63) is 71.5 Å². The first-order chi connectivity index (χ1) is 12.7. The lowest BCUT2D eigenvalue weighted by Crippen LogP contribution is -1.94. The van der Waals surface area contributed by atoms with Crippen LogP contribution in [0, 0.1) is 18.8 Å². The summed E-state index contributed by atoms with van der Waals surface area (Å²) in [5.41, 5.74) is 11.3. The zero-order chi connectivity index (χ0) is 18.1. The largest absolute Gasteiger partial charge is 0.497 e. The van der Waals surface area contributed by atoms with E-state index in [0.717, 1.165) is 38.7 Å². The van der Waals surface area contributed by atoms with Crippen molar-refractivity contribution in [3.8, 4) is 17.6 Å². The number of nitrogen functional groups attached to an aromatic ring is 1. The van der Waals surface area contributed by atoms with E-state index in [9.17, 15) is 0 Å². The fraction of sp³-hybridized carbons (Fsp3) is 0.0909. The Labute approximate surface area is 151 Å². The first kappa shape index (κ1) is 15.9. The molecule has 26 heavy (non-hydrogen) atoms. The van der Waals surface area contributed by atoms with Gasteiger partial charge in [-0.15, -0.1) is 0 Å². The maximum absolute atomic E-state index is 6.18. The molecule has 4 nitrogen and oxygen atoms in total. The Morgan fingerprint density at radius 1 is 0.962 bits per heavy atom. The highest BCUT2D eigenvalue weighted by Crippen LogP contribution is 2.29. The molecular formula is C22H17N3O. The summed E-state index contributed by atoms with van der Waals surface area (Å²) in [7, 11) is 1.64. The molecule has 0 saturated heterocycles. The van der Waals surface area contributed by atoms with Gasteiger partial charge in [-0.05, 0) is 60.9 Å². The lowest BCUT2D eigenvalue weighted by Gasteiger charge is -2.08. The quantitative estimate of drug-likeness (QED) is 0.322. The zero-order valence-corrected chi connectivity index (χ0v) is 14.6. The highest BCUT2D eigenvalue weighted by molar-refractivity contribution is 6.11. The Bertz CT molecular complexity index is 1190. The summed E-state index contributed by atoms with van der Waals surface area (Å²) in [6.07, 6.45) is 1.78. The average Bonchev–Trinajstić information content (AvgIpc) is 2.69. The van der Waals surface area contributed by atoms with Crippen molar-refractivity contribution >= 4 is 27.5 Å². The van der Waals surface area contributed by atoms with Crippen LogP contribution in [0.3, 0.4) is 0 Å². The number of hydrogen-bond acceptors (Lipinski definition) is 4. The Morgan fingerprint density at radius 3 is 2.54 bits per heavy atom. The summed E-state index contributed by atoms with van der Waals surface area (Å²) in [5.74, 6) is 7.04. The van der Waals surface area contributed by atoms with Crippen molar-refractivity contribution in [1.82, 2.24) is 9.97 Å².